The van der Waals surface area contributed by atoms with Gasteiger partial charge in [-0.15, -0.1) is 0 Å². The van der Waals surface area contributed by atoms with E-state index in [1.165, 1.54) is 6.07 Å². The van der Waals surface area contributed by atoms with Crippen LogP contribution in [0, 0.1) is 0 Å². The van der Waals surface area contributed by atoms with Crippen LogP contribution in [0.3, 0.4) is 0 Å². The highest BCUT2D eigenvalue weighted by Crippen LogP contribution is 2.37. The van der Waals surface area contributed by atoms with Gasteiger partial charge in [0, 0.05) is 31.5 Å². The molecule has 3 rings (SSSR count). The highest BCUT2D eigenvalue weighted by Gasteiger charge is 2.35. The fraction of sp³-hybridized carbons (Fsp3) is 0.350. The lowest BCUT2D eigenvalue weighted by atomic mass is 10.1. The molecule has 1 saturated heterocycles. The number of carbonyl (C=O) groups is 1. The molecule has 8 heteroatoms. The van der Waals surface area contributed by atoms with Gasteiger partial charge in [0.1, 0.15) is 0 Å². The number of methoxy groups -OCH3 is 1. The Balaban J connectivity index is 1.82. The number of morpholine rings is 1. The zero-order valence-electron chi connectivity index (χ0n) is 15.4. The monoisotopic (exact) mass is 394 g/mol. The number of amides is 1. The maximum Gasteiger partial charge on any atom is 0.418 e. The van der Waals surface area contributed by atoms with Crippen LogP contribution in [-0.2, 0) is 22.3 Å². The minimum absolute atomic E-state index is 0.268. The molecule has 1 aliphatic rings. The van der Waals surface area contributed by atoms with E-state index in [0.29, 0.717) is 38.6 Å². The molecule has 150 valence electrons. The number of ether oxygens (including phenoxy) is 2. The lowest BCUT2D eigenvalue weighted by molar-refractivity contribution is -0.136. The number of rotatable bonds is 5. The molecule has 0 radical (unpaired) electrons. The quantitative estimate of drug-likeness (QED) is 0.835. The first-order valence-corrected chi connectivity index (χ1v) is 8.81. The highest BCUT2D eigenvalue weighted by molar-refractivity contribution is 6.04. The first-order valence-electron chi connectivity index (χ1n) is 8.81. The van der Waals surface area contributed by atoms with Crippen LogP contribution in [0.25, 0.3) is 0 Å². The normalized spacial score (nSPS) is 14.8. The van der Waals surface area contributed by atoms with Crippen LogP contribution in [0.4, 0.5) is 24.5 Å². The molecule has 2 aromatic carbocycles. The maximum absolute atomic E-state index is 13.6. The Morgan fingerprint density at radius 1 is 1.14 bits per heavy atom. The van der Waals surface area contributed by atoms with E-state index in [4.69, 9.17) is 9.47 Å². The molecular formula is C20H21F3N2O3. The molecule has 28 heavy (non-hydrogen) atoms. The maximum atomic E-state index is 13.6. The third-order valence-corrected chi connectivity index (χ3v) is 4.46. The van der Waals surface area contributed by atoms with Crippen molar-refractivity contribution in [2.75, 3.05) is 43.6 Å². The lowest BCUT2D eigenvalue weighted by Gasteiger charge is -2.29. The molecule has 0 aromatic heterocycles. The smallest absolute Gasteiger partial charge is 0.380 e. The van der Waals surface area contributed by atoms with Crippen LogP contribution in [0.15, 0.2) is 42.5 Å². The van der Waals surface area contributed by atoms with Crippen molar-refractivity contribution in [3.05, 3.63) is 59.2 Å². The number of nitrogens with one attached hydrogen (secondary N) is 1. The van der Waals surface area contributed by atoms with E-state index in [1.54, 1.807) is 37.4 Å². The summed E-state index contributed by atoms with van der Waals surface area (Å²) in [5, 5.41) is 2.38. The van der Waals surface area contributed by atoms with E-state index in [0.717, 1.165) is 11.6 Å². The average molecular weight is 394 g/mol. The Bertz CT molecular complexity index is 816. The van der Waals surface area contributed by atoms with E-state index in [9.17, 15) is 18.0 Å². The number of anilines is 2. The van der Waals surface area contributed by atoms with Gasteiger partial charge in [-0.2, -0.15) is 13.2 Å². The molecule has 1 heterocycles. The minimum atomic E-state index is -4.59. The summed E-state index contributed by atoms with van der Waals surface area (Å²) in [5.74, 6) is -0.603. The number of hydrogen-bond donors (Lipinski definition) is 1. The van der Waals surface area contributed by atoms with Crippen molar-refractivity contribution in [1.29, 1.82) is 0 Å². The molecule has 0 saturated carbocycles. The Hall–Kier alpha value is -2.58. The van der Waals surface area contributed by atoms with Crippen LogP contribution >= 0.6 is 0 Å². The van der Waals surface area contributed by atoms with E-state index in [2.05, 4.69) is 5.32 Å². The molecule has 2 aromatic rings. The second-order valence-electron chi connectivity index (χ2n) is 6.41. The van der Waals surface area contributed by atoms with E-state index in [-0.39, 0.29) is 11.3 Å². The van der Waals surface area contributed by atoms with E-state index in [1.807, 2.05) is 4.90 Å². The van der Waals surface area contributed by atoms with Gasteiger partial charge in [-0.1, -0.05) is 12.1 Å². The molecule has 1 aliphatic heterocycles. The summed E-state index contributed by atoms with van der Waals surface area (Å²) in [6.07, 6.45) is -4.59. The fourth-order valence-corrected chi connectivity index (χ4v) is 3.01. The Kier molecular flexibility index (Phi) is 6.21. The first-order chi connectivity index (χ1) is 13.4. The van der Waals surface area contributed by atoms with Crippen molar-refractivity contribution in [1.82, 2.24) is 0 Å². The van der Waals surface area contributed by atoms with Crippen LogP contribution in [0.2, 0.25) is 0 Å². The van der Waals surface area contributed by atoms with Gasteiger partial charge in [-0.3, -0.25) is 4.79 Å². The summed E-state index contributed by atoms with van der Waals surface area (Å²) >= 11 is 0. The number of alkyl halides is 3. The number of benzene rings is 2. The van der Waals surface area contributed by atoms with E-state index >= 15 is 0 Å². The second-order valence-corrected chi connectivity index (χ2v) is 6.41. The SMILES string of the molecule is COCc1ccc(C(=O)Nc2ccc(N3CCOCC3)cc2C(F)(F)F)cc1. The van der Waals surface area contributed by atoms with Crippen molar-refractivity contribution >= 4 is 17.3 Å². The highest BCUT2D eigenvalue weighted by atomic mass is 19.4. The van der Waals surface area contributed by atoms with Crippen LogP contribution in [-0.4, -0.2) is 39.3 Å². The van der Waals surface area contributed by atoms with Gasteiger partial charge in [0.15, 0.2) is 0 Å². The molecule has 1 fully saturated rings. The molecule has 5 nitrogen and oxygen atoms in total. The Labute approximate surface area is 161 Å². The van der Waals surface area contributed by atoms with Crippen molar-refractivity contribution in [2.24, 2.45) is 0 Å². The average Bonchev–Trinajstić information content (AvgIpc) is 2.69. The number of carbonyl (C=O) groups excluding carboxylic acids is 1. The standard InChI is InChI=1S/C20H21F3N2O3/c1-27-13-14-2-4-15(5-3-14)19(26)24-18-7-6-16(12-17(18)20(21,22)23)25-8-10-28-11-9-25/h2-7,12H,8-11,13H2,1H3,(H,24,26). The van der Waals surface area contributed by atoms with Crippen LogP contribution in [0.5, 0.6) is 0 Å². The second kappa shape index (κ2) is 8.62. The third kappa shape index (κ3) is 4.82. The molecule has 1 amide bonds. The summed E-state index contributed by atoms with van der Waals surface area (Å²) in [7, 11) is 1.56. The first kappa shape index (κ1) is 20.2. The lowest BCUT2D eigenvalue weighted by Crippen LogP contribution is -2.36. The summed E-state index contributed by atoms with van der Waals surface area (Å²) < 4.78 is 51.0. The predicted octanol–water partition coefficient (Wildman–Crippen LogP) is 3.94. The Morgan fingerprint density at radius 3 is 2.43 bits per heavy atom. The van der Waals surface area contributed by atoms with Gasteiger partial charge < -0.3 is 19.7 Å². The fourth-order valence-electron chi connectivity index (χ4n) is 3.01. The van der Waals surface area contributed by atoms with Crippen molar-refractivity contribution < 1.29 is 27.4 Å². The number of hydrogen-bond acceptors (Lipinski definition) is 4. The molecule has 0 atom stereocenters. The van der Waals surface area contributed by atoms with Gasteiger partial charge in [0.25, 0.3) is 5.91 Å². The zero-order chi connectivity index (χ0) is 20.1. The summed E-state index contributed by atoms with van der Waals surface area (Å²) in [5.41, 5.74) is 0.448. The topological polar surface area (TPSA) is 50.8 Å². The van der Waals surface area contributed by atoms with Crippen molar-refractivity contribution in [2.45, 2.75) is 12.8 Å². The van der Waals surface area contributed by atoms with Gasteiger partial charge in [-0.25, -0.2) is 0 Å². The van der Waals surface area contributed by atoms with Gasteiger partial charge in [-0.05, 0) is 35.9 Å². The van der Waals surface area contributed by atoms with Crippen LogP contribution in [0.1, 0.15) is 21.5 Å². The van der Waals surface area contributed by atoms with Gasteiger partial charge in [0.2, 0.25) is 0 Å². The van der Waals surface area contributed by atoms with Gasteiger partial charge >= 0.3 is 6.18 Å². The molecule has 0 spiro atoms. The van der Waals surface area contributed by atoms with Crippen LogP contribution < -0.4 is 10.2 Å². The van der Waals surface area contributed by atoms with Gasteiger partial charge in [0.05, 0.1) is 31.1 Å². The minimum Gasteiger partial charge on any atom is -0.380 e. The third-order valence-electron chi connectivity index (χ3n) is 4.46. The number of nitrogens with zero attached hydrogens (tertiary/aromatic N) is 1. The van der Waals surface area contributed by atoms with E-state index < -0.39 is 17.6 Å². The molecule has 0 bridgehead atoms. The molecular weight excluding hydrogens is 373 g/mol. The summed E-state index contributed by atoms with van der Waals surface area (Å²) in [6.45, 7) is 2.38. The molecule has 0 unspecified atom stereocenters. The van der Waals surface area contributed by atoms with Crippen molar-refractivity contribution in [3.63, 3.8) is 0 Å². The number of halogens is 3. The predicted molar refractivity (Wildman–Crippen MR) is 99.6 cm³/mol. The summed E-state index contributed by atoms with van der Waals surface area (Å²) in [4.78, 5) is 14.2. The zero-order valence-corrected chi connectivity index (χ0v) is 15.4. The molecule has 0 aliphatic carbocycles. The molecule has 1 N–H and O–H groups in total. The Morgan fingerprint density at radius 2 is 1.82 bits per heavy atom. The largest absolute Gasteiger partial charge is 0.418 e. The van der Waals surface area contributed by atoms with Crippen molar-refractivity contribution in [3.8, 4) is 0 Å². The summed E-state index contributed by atoms with van der Waals surface area (Å²) in [6, 6.07) is 10.5.